The molecule has 2 heterocycles. The first kappa shape index (κ1) is 19.2. The highest BCUT2D eigenvalue weighted by Gasteiger charge is 2.28. The average molecular weight is 410 g/mol. The summed E-state index contributed by atoms with van der Waals surface area (Å²) in [6.45, 7) is 1.21. The van der Waals surface area contributed by atoms with Crippen molar-refractivity contribution in [2.45, 2.75) is 18.6 Å². The van der Waals surface area contributed by atoms with E-state index in [-0.39, 0.29) is 17.7 Å². The number of thioether (sulfide) groups is 1. The van der Waals surface area contributed by atoms with Gasteiger partial charge in [-0.1, -0.05) is 23.7 Å². The minimum Gasteiger partial charge on any atom is -0.341 e. The molecule has 1 aromatic carbocycles. The first-order valence-electron chi connectivity index (χ1n) is 8.42. The number of nitrogens with zero attached hydrogens (tertiary/aromatic N) is 2. The summed E-state index contributed by atoms with van der Waals surface area (Å²) in [7, 11) is 0. The van der Waals surface area contributed by atoms with Crippen LogP contribution in [0.25, 0.3) is 0 Å². The highest BCUT2D eigenvalue weighted by molar-refractivity contribution is 7.99. The van der Waals surface area contributed by atoms with Crippen molar-refractivity contribution in [3.05, 3.63) is 46.4 Å². The molecule has 2 aromatic rings. The number of carbonyl (C=O) groups excluding carboxylic acids is 2. The Morgan fingerprint density at radius 3 is 2.88 bits per heavy atom. The van der Waals surface area contributed by atoms with Crippen molar-refractivity contribution in [1.29, 1.82) is 0 Å². The second kappa shape index (κ2) is 9.39. The molecule has 1 aliphatic heterocycles. The molecule has 26 heavy (non-hydrogen) atoms. The van der Waals surface area contributed by atoms with E-state index in [1.165, 1.54) is 11.3 Å². The van der Waals surface area contributed by atoms with Crippen molar-refractivity contribution in [1.82, 2.24) is 9.88 Å². The highest BCUT2D eigenvalue weighted by atomic mass is 35.5. The molecule has 0 radical (unpaired) electrons. The van der Waals surface area contributed by atoms with Crippen LogP contribution in [0.5, 0.6) is 0 Å². The van der Waals surface area contributed by atoms with Gasteiger partial charge in [-0.3, -0.25) is 9.59 Å². The van der Waals surface area contributed by atoms with Gasteiger partial charge < -0.3 is 10.2 Å². The van der Waals surface area contributed by atoms with Gasteiger partial charge in [0.15, 0.2) is 5.13 Å². The summed E-state index contributed by atoms with van der Waals surface area (Å²) in [4.78, 5) is 30.7. The van der Waals surface area contributed by atoms with Gasteiger partial charge in [-0.15, -0.1) is 23.1 Å². The molecule has 1 aromatic heterocycles. The fraction of sp³-hybridized carbons (Fsp3) is 0.389. The third kappa shape index (κ3) is 5.46. The van der Waals surface area contributed by atoms with E-state index in [0.717, 1.165) is 30.7 Å². The number of halogens is 1. The van der Waals surface area contributed by atoms with Gasteiger partial charge in [0.05, 0.1) is 11.7 Å². The standard InChI is InChI=1S/C18H20ClN3O2S2/c19-15-5-3-13(4-6-15)11-25-12-16(23)22-8-1-2-14(10-22)17(24)21-18-20-7-9-26-18/h3-7,9,14H,1-2,8,10-12H2,(H,20,21,24). The number of piperidine rings is 1. The third-order valence-electron chi connectivity index (χ3n) is 4.21. The molecule has 1 unspecified atom stereocenters. The second-order valence-corrected chi connectivity index (χ2v) is 8.44. The van der Waals surface area contributed by atoms with Gasteiger partial charge >= 0.3 is 0 Å². The van der Waals surface area contributed by atoms with Crippen molar-refractivity contribution < 1.29 is 9.59 Å². The van der Waals surface area contributed by atoms with E-state index >= 15 is 0 Å². The van der Waals surface area contributed by atoms with Gasteiger partial charge in [0.1, 0.15) is 0 Å². The highest BCUT2D eigenvalue weighted by Crippen LogP contribution is 2.21. The van der Waals surface area contributed by atoms with Gasteiger partial charge in [0.2, 0.25) is 11.8 Å². The summed E-state index contributed by atoms with van der Waals surface area (Å²) in [5, 5.41) is 5.98. The maximum Gasteiger partial charge on any atom is 0.232 e. The van der Waals surface area contributed by atoms with Gasteiger partial charge in [0, 0.05) is 35.4 Å². The molecule has 8 heteroatoms. The Labute approximate surface area is 166 Å². The van der Waals surface area contributed by atoms with E-state index in [2.05, 4.69) is 10.3 Å². The van der Waals surface area contributed by atoms with E-state index < -0.39 is 0 Å². The minimum absolute atomic E-state index is 0.0498. The SMILES string of the molecule is O=C(Nc1nccs1)C1CCCN(C(=O)CSCc2ccc(Cl)cc2)C1. The number of nitrogens with one attached hydrogen (secondary N) is 1. The Kier molecular flexibility index (Phi) is 6.93. The normalized spacial score (nSPS) is 17.1. The number of anilines is 1. The van der Waals surface area contributed by atoms with E-state index in [0.29, 0.717) is 22.5 Å². The van der Waals surface area contributed by atoms with Crippen molar-refractivity contribution in [3.8, 4) is 0 Å². The topological polar surface area (TPSA) is 62.3 Å². The third-order valence-corrected chi connectivity index (χ3v) is 6.14. The van der Waals surface area contributed by atoms with Crippen molar-refractivity contribution in [2.24, 2.45) is 5.92 Å². The van der Waals surface area contributed by atoms with E-state index in [1.54, 1.807) is 18.0 Å². The van der Waals surface area contributed by atoms with Crippen LogP contribution in [0.15, 0.2) is 35.8 Å². The van der Waals surface area contributed by atoms with Crippen LogP contribution in [-0.2, 0) is 15.3 Å². The summed E-state index contributed by atoms with van der Waals surface area (Å²) in [6.07, 6.45) is 3.32. The number of amides is 2. The van der Waals surface area contributed by atoms with Gasteiger partial charge in [-0.05, 0) is 30.5 Å². The first-order valence-corrected chi connectivity index (χ1v) is 10.8. The molecule has 0 spiro atoms. The van der Waals surface area contributed by atoms with Gasteiger partial charge in [0.25, 0.3) is 0 Å². The molecule has 1 saturated heterocycles. The average Bonchev–Trinajstić information content (AvgIpc) is 3.16. The minimum atomic E-state index is -0.169. The number of benzene rings is 1. The number of rotatable bonds is 6. The van der Waals surface area contributed by atoms with E-state index in [4.69, 9.17) is 11.6 Å². The molecule has 1 aliphatic rings. The fourth-order valence-electron chi connectivity index (χ4n) is 2.84. The van der Waals surface area contributed by atoms with Crippen LogP contribution >= 0.6 is 34.7 Å². The lowest BCUT2D eigenvalue weighted by Crippen LogP contribution is -2.44. The van der Waals surface area contributed by atoms with Crippen molar-refractivity contribution in [2.75, 3.05) is 24.2 Å². The zero-order valence-corrected chi connectivity index (χ0v) is 16.6. The summed E-state index contributed by atoms with van der Waals surface area (Å²) in [5.41, 5.74) is 1.14. The molecule has 0 saturated carbocycles. The number of carbonyl (C=O) groups is 2. The second-order valence-electron chi connectivity index (χ2n) is 6.12. The summed E-state index contributed by atoms with van der Waals surface area (Å²) in [6, 6.07) is 7.66. The Hall–Kier alpha value is -1.57. The lowest BCUT2D eigenvalue weighted by molar-refractivity contribution is -0.132. The smallest absolute Gasteiger partial charge is 0.232 e. The van der Waals surface area contributed by atoms with Crippen LogP contribution in [0, 0.1) is 5.92 Å². The molecule has 2 amide bonds. The van der Waals surface area contributed by atoms with E-state index in [1.807, 2.05) is 34.5 Å². The van der Waals surface area contributed by atoms with Crippen LogP contribution in [0.4, 0.5) is 5.13 Å². The molecule has 1 N–H and O–H groups in total. The maximum atomic E-state index is 12.5. The summed E-state index contributed by atoms with van der Waals surface area (Å²) < 4.78 is 0. The zero-order valence-electron chi connectivity index (χ0n) is 14.2. The van der Waals surface area contributed by atoms with Gasteiger partial charge in [-0.2, -0.15) is 0 Å². The Morgan fingerprint density at radius 1 is 1.35 bits per heavy atom. The quantitative estimate of drug-likeness (QED) is 0.785. The predicted octanol–water partition coefficient (Wildman–Crippen LogP) is 3.91. The first-order chi connectivity index (χ1) is 12.6. The van der Waals surface area contributed by atoms with Crippen LogP contribution in [0.1, 0.15) is 18.4 Å². The largest absolute Gasteiger partial charge is 0.341 e. The number of thiazole rings is 1. The molecule has 1 atom stereocenters. The monoisotopic (exact) mass is 409 g/mol. The molecule has 138 valence electrons. The maximum absolute atomic E-state index is 12.5. The fourth-order valence-corrected chi connectivity index (χ4v) is 4.38. The number of aromatic nitrogens is 1. The predicted molar refractivity (Wildman–Crippen MR) is 108 cm³/mol. The molecular weight excluding hydrogens is 390 g/mol. The number of hydrogen-bond acceptors (Lipinski definition) is 5. The molecule has 0 aliphatic carbocycles. The lowest BCUT2D eigenvalue weighted by Gasteiger charge is -2.31. The zero-order chi connectivity index (χ0) is 18.4. The van der Waals surface area contributed by atoms with Crippen molar-refractivity contribution in [3.63, 3.8) is 0 Å². The molecule has 0 bridgehead atoms. The molecule has 1 fully saturated rings. The Bertz CT molecular complexity index is 737. The molecule has 5 nitrogen and oxygen atoms in total. The van der Waals surface area contributed by atoms with Gasteiger partial charge in [-0.25, -0.2) is 4.98 Å². The summed E-state index contributed by atoms with van der Waals surface area (Å²) >= 11 is 8.86. The number of hydrogen-bond donors (Lipinski definition) is 1. The van der Waals surface area contributed by atoms with Crippen LogP contribution in [0.2, 0.25) is 5.02 Å². The van der Waals surface area contributed by atoms with Crippen LogP contribution in [0.3, 0.4) is 0 Å². The van der Waals surface area contributed by atoms with Crippen LogP contribution in [-0.4, -0.2) is 40.5 Å². The number of likely N-dealkylation sites (tertiary alicyclic amines) is 1. The van der Waals surface area contributed by atoms with E-state index in [9.17, 15) is 9.59 Å². The molecular formula is C18H20ClN3O2S2. The molecule has 3 rings (SSSR count). The Balaban J connectivity index is 1.45. The lowest BCUT2D eigenvalue weighted by atomic mass is 9.97. The summed E-state index contributed by atoms with van der Waals surface area (Å²) in [5.74, 6) is 1.06. The van der Waals surface area contributed by atoms with Crippen molar-refractivity contribution >= 4 is 51.6 Å². The Morgan fingerprint density at radius 2 is 2.15 bits per heavy atom. The van der Waals surface area contributed by atoms with Crippen LogP contribution < -0.4 is 5.32 Å².